The Balaban J connectivity index is 2.17. The zero-order valence-electron chi connectivity index (χ0n) is 8.69. The molecule has 0 radical (unpaired) electrons. The fraction of sp³-hybridized carbons (Fsp3) is 0.800. The second-order valence-corrected chi connectivity index (χ2v) is 4.08. The molecule has 14 heavy (non-hydrogen) atoms. The summed E-state index contributed by atoms with van der Waals surface area (Å²) in [6, 6.07) is 0.287. The van der Waals surface area contributed by atoms with Crippen LogP contribution in [0.15, 0.2) is 6.33 Å². The smallest absolute Gasteiger partial charge is 0.137 e. The summed E-state index contributed by atoms with van der Waals surface area (Å²) in [5, 5.41) is 8.18. The molecule has 1 saturated carbocycles. The molecule has 2 N–H and O–H groups in total. The van der Waals surface area contributed by atoms with Gasteiger partial charge in [0.15, 0.2) is 0 Å². The lowest BCUT2D eigenvalue weighted by molar-refractivity contribution is 0.531. The van der Waals surface area contributed by atoms with Crippen molar-refractivity contribution in [2.24, 2.45) is 5.73 Å². The molecule has 0 spiro atoms. The Morgan fingerprint density at radius 3 is 3.07 bits per heavy atom. The van der Waals surface area contributed by atoms with E-state index in [0.717, 1.165) is 25.2 Å². The number of nitrogens with two attached hydrogens (primary N) is 1. The number of aryl methyl sites for hydroxylation is 1. The Morgan fingerprint density at radius 1 is 1.57 bits per heavy atom. The maximum Gasteiger partial charge on any atom is 0.137 e. The summed E-state index contributed by atoms with van der Waals surface area (Å²) in [6.45, 7) is 3.17. The van der Waals surface area contributed by atoms with Gasteiger partial charge in [-0.2, -0.15) is 0 Å². The fourth-order valence-electron chi connectivity index (χ4n) is 2.27. The first-order chi connectivity index (χ1) is 6.83. The molecule has 4 nitrogen and oxygen atoms in total. The van der Waals surface area contributed by atoms with Crippen LogP contribution in [0.3, 0.4) is 0 Å². The van der Waals surface area contributed by atoms with Crippen LogP contribution in [0.4, 0.5) is 0 Å². The minimum atomic E-state index is 0.287. The maximum absolute atomic E-state index is 6.05. The predicted molar refractivity (Wildman–Crippen MR) is 54.9 cm³/mol. The third kappa shape index (κ3) is 1.66. The van der Waals surface area contributed by atoms with Crippen LogP contribution in [0.2, 0.25) is 0 Å². The Hall–Kier alpha value is -0.900. The summed E-state index contributed by atoms with van der Waals surface area (Å²) in [7, 11) is 0. The van der Waals surface area contributed by atoms with Crippen LogP contribution in [0, 0.1) is 0 Å². The van der Waals surface area contributed by atoms with Crippen molar-refractivity contribution in [2.75, 3.05) is 0 Å². The molecule has 0 bridgehead atoms. The van der Waals surface area contributed by atoms with E-state index in [0.29, 0.717) is 5.92 Å². The van der Waals surface area contributed by atoms with E-state index < -0.39 is 0 Å². The van der Waals surface area contributed by atoms with Crippen molar-refractivity contribution in [3.8, 4) is 0 Å². The quantitative estimate of drug-likeness (QED) is 0.788. The lowest BCUT2D eigenvalue weighted by atomic mass is 10.0. The molecule has 0 amide bonds. The molecule has 0 saturated heterocycles. The number of hydrogen-bond acceptors (Lipinski definition) is 3. The van der Waals surface area contributed by atoms with E-state index in [9.17, 15) is 0 Å². The van der Waals surface area contributed by atoms with Crippen LogP contribution < -0.4 is 5.73 Å². The summed E-state index contributed by atoms with van der Waals surface area (Å²) < 4.78 is 2.15. The van der Waals surface area contributed by atoms with Crippen molar-refractivity contribution in [3.05, 3.63) is 12.2 Å². The zero-order valence-corrected chi connectivity index (χ0v) is 8.69. The topological polar surface area (TPSA) is 56.7 Å². The highest BCUT2D eigenvalue weighted by Gasteiger charge is 2.29. The van der Waals surface area contributed by atoms with Crippen LogP contribution in [0.1, 0.15) is 44.3 Å². The molecule has 2 rings (SSSR count). The van der Waals surface area contributed by atoms with Gasteiger partial charge in [-0.15, -0.1) is 10.2 Å². The average molecular weight is 194 g/mol. The van der Waals surface area contributed by atoms with E-state index in [1.54, 1.807) is 0 Å². The molecule has 1 aromatic heterocycles. The third-order valence-corrected chi connectivity index (χ3v) is 3.01. The monoisotopic (exact) mass is 194 g/mol. The Bertz CT molecular complexity index is 294. The summed E-state index contributed by atoms with van der Waals surface area (Å²) >= 11 is 0. The minimum absolute atomic E-state index is 0.287. The van der Waals surface area contributed by atoms with Gasteiger partial charge in [-0.1, -0.05) is 13.3 Å². The number of nitrogens with zero attached hydrogens (tertiary/aromatic N) is 3. The van der Waals surface area contributed by atoms with Crippen molar-refractivity contribution in [1.82, 2.24) is 14.8 Å². The summed E-state index contributed by atoms with van der Waals surface area (Å²) in [4.78, 5) is 0. The summed E-state index contributed by atoms with van der Waals surface area (Å²) in [5.74, 6) is 1.53. The molecular weight excluding hydrogens is 176 g/mol. The standard InChI is InChI=1S/C10H18N4/c1-2-6-14-7-12-13-10(14)8-4-3-5-9(8)11/h7-9H,2-6,11H2,1H3. The Labute approximate surface area is 84.5 Å². The van der Waals surface area contributed by atoms with E-state index >= 15 is 0 Å². The van der Waals surface area contributed by atoms with Gasteiger partial charge in [0.05, 0.1) is 0 Å². The van der Waals surface area contributed by atoms with Crippen molar-refractivity contribution in [1.29, 1.82) is 0 Å². The van der Waals surface area contributed by atoms with Crippen molar-refractivity contribution in [2.45, 2.75) is 51.1 Å². The van der Waals surface area contributed by atoms with E-state index in [-0.39, 0.29) is 6.04 Å². The number of hydrogen-bond donors (Lipinski definition) is 1. The fourth-order valence-corrected chi connectivity index (χ4v) is 2.27. The van der Waals surface area contributed by atoms with E-state index in [4.69, 9.17) is 5.73 Å². The van der Waals surface area contributed by atoms with E-state index in [2.05, 4.69) is 21.7 Å². The second kappa shape index (κ2) is 4.09. The molecule has 2 atom stereocenters. The molecule has 1 aliphatic rings. The molecule has 1 heterocycles. The van der Waals surface area contributed by atoms with E-state index in [1.165, 1.54) is 12.8 Å². The van der Waals surface area contributed by atoms with Gasteiger partial charge < -0.3 is 10.3 Å². The molecule has 1 aromatic rings. The first-order valence-corrected chi connectivity index (χ1v) is 5.46. The van der Waals surface area contributed by atoms with Crippen LogP contribution in [0.5, 0.6) is 0 Å². The van der Waals surface area contributed by atoms with Gasteiger partial charge in [0.2, 0.25) is 0 Å². The van der Waals surface area contributed by atoms with Gasteiger partial charge in [0.25, 0.3) is 0 Å². The lowest BCUT2D eigenvalue weighted by Crippen LogP contribution is -2.25. The number of rotatable bonds is 3. The second-order valence-electron chi connectivity index (χ2n) is 4.08. The molecule has 4 heteroatoms. The predicted octanol–water partition coefficient (Wildman–Crippen LogP) is 1.28. The van der Waals surface area contributed by atoms with Gasteiger partial charge in [-0.3, -0.25) is 0 Å². The first-order valence-electron chi connectivity index (χ1n) is 5.46. The van der Waals surface area contributed by atoms with Gasteiger partial charge in [0.1, 0.15) is 12.2 Å². The highest BCUT2D eigenvalue weighted by molar-refractivity contribution is 5.04. The largest absolute Gasteiger partial charge is 0.327 e. The first kappa shape index (κ1) is 9.65. The molecule has 0 aliphatic heterocycles. The maximum atomic E-state index is 6.05. The average Bonchev–Trinajstić information content (AvgIpc) is 2.74. The Kier molecular flexibility index (Phi) is 2.82. The van der Waals surface area contributed by atoms with Crippen LogP contribution in [-0.4, -0.2) is 20.8 Å². The number of aromatic nitrogens is 3. The van der Waals surface area contributed by atoms with Crippen molar-refractivity contribution in [3.63, 3.8) is 0 Å². The van der Waals surface area contributed by atoms with Gasteiger partial charge in [-0.25, -0.2) is 0 Å². The molecule has 1 fully saturated rings. The van der Waals surface area contributed by atoms with Crippen LogP contribution in [0.25, 0.3) is 0 Å². The highest BCUT2D eigenvalue weighted by atomic mass is 15.3. The SMILES string of the molecule is CCCn1cnnc1C1CCCC1N. The van der Waals surface area contributed by atoms with Crippen LogP contribution in [-0.2, 0) is 6.54 Å². The minimum Gasteiger partial charge on any atom is -0.327 e. The van der Waals surface area contributed by atoms with Gasteiger partial charge in [0, 0.05) is 18.5 Å². The Morgan fingerprint density at radius 2 is 2.43 bits per heavy atom. The molecule has 0 aromatic carbocycles. The molecular formula is C10H18N4. The summed E-state index contributed by atoms with van der Waals surface area (Å²) in [5.41, 5.74) is 6.05. The third-order valence-electron chi connectivity index (χ3n) is 3.01. The van der Waals surface area contributed by atoms with E-state index in [1.807, 2.05) is 6.33 Å². The molecule has 2 unspecified atom stereocenters. The normalized spacial score (nSPS) is 27.0. The lowest BCUT2D eigenvalue weighted by Gasteiger charge is -2.15. The highest BCUT2D eigenvalue weighted by Crippen LogP contribution is 2.31. The molecule has 1 aliphatic carbocycles. The van der Waals surface area contributed by atoms with Gasteiger partial charge >= 0.3 is 0 Å². The van der Waals surface area contributed by atoms with Crippen molar-refractivity contribution < 1.29 is 0 Å². The van der Waals surface area contributed by atoms with Gasteiger partial charge in [-0.05, 0) is 19.3 Å². The molecule has 78 valence electrons. The summed E-state index contributed by atoms with van der Waals surface area (Å²) in [6.07, 6.45) is 6.47. The van der Waals surface area contributed by atoms with Crippen LogP contribution >= 0.6 is 0 Å². The zero-order chi connectivity index (χ0) is 9.97. The van der Waals surface area contributed by atoms with Crippen molar-refractivity contribution >= 4 is 0 Å².